The van der Waals surface area contributed by atoms with Gasteiger partial charge in [0.1, 0.15) is 0 Å². The predicted octanol–water partition coefficient (Wildman–Crippen LogP) is 1.32. The summed E-state index contributed by atoms with van der Waals surface area (Å²) < 4.78 is 0. The Morgan fingerprint density at radius 1 is 1.14 bits per heavy atom. The summed E-state index contributed by atoms with van der Waals surface area (Å²) in [6.07, 6.45) is 4.72. The van der Waals surface area contributed by atoms with E-state index in [0.29, 0.717) is 0 Å². The molecule has 3 rings (SSSR count). The van der Waals surface area contributed by atoms with E-state index < -0.39 is 0 Å². The third-order valence-electron chi connectivity index (χ3n) is 4.18. The Kier molecular flexibility index (Phi) is 4.22. The molecule has 0 radical (unpaired) electrons. The van der Waals surface area contributed by atoms with Crippen LogP contribution in [0.1, 0.15) is 6.42 Å². The standard InChI is InChI=1S/C16H22N4O/c17-16-14-4-5-18-12-13(14)2-3-15(16)20-7-1-6-19(8-9-20)10-11-21/h2-5,12,21H,1,6-11,17H2. The molecule has 5 nitrogen and oxygen atoms in total. The van der Waals surface area contributed by atoms with Crippen LogP contribution >= 0.6 is 0 Å². The Labute approximate surface area is 125 Å². The molecule has 21 heavy (non-hydrogen) atoms. The summed E-state index contributed by atoms with van der Waals surface area (Å²) in [6.45, 7) is 4.93. The highest BCUT2D eigenvalue weighted by Crippen LogP contribution is 2.31. The highest BCUT2D eigenvalue weighted by Gasteiger charge is 2.17. The number of fused-ring (bicyclic) bond motifs is 1. The number of hydrogen-bond acceptors (Lipinski definition) is 5. The Balaban J connectivity index is 1.85. The van der Waals surface area contributed by atoms with E-state index in [-0.39, 0.29) is 6.61 Å². The monoisotopic (exact) mass is 286 g/mol. The second kappa shape index (κ2) is 6.28. The van der Waals surface area contributed by atoms with Gasteiger partial charge in [0.25, 0.3) is 0 Å². The summed E-state index contributed by atoms with van der Waals surface area (Å²) in [7, 11) is 0. The first-order valence-electron chi connectivity index (χ1n) is 7.50. The second-order valence-electron chi connectivity index (χ2n) is 5.50. The zero-order valence-electron chi connectivity index (χ0n) is 12.2. The fourth-order valence-corrected chi connectivity index (χ4v) is 3.03. The molecule has 0 saturated carbocycles. The first-order chi connectivity index (χ1) is 10.3. The molecule has 0 spiro atoms. The summed E-state index contributed by atoms with van der Waals surface area (Å²) in [6, 6.07) is 6.16. The molecule has 2 aromatic rings. The Morgan fingerprint density at radius 2 is 2.05 bits per heavy atom. The predicted molar refractivity (Wildman–Crippen MR) is 86.5 cm³/mol. The summed E-state index contributed by atoms with van der Waals surface area (Å²) in [5.41, 5.74) is 8.32. The van der Waals surface area contributed by atoms with Crippen LogP contribution in [0.5, 0.6) is 0 Å². The van der Waals surface area contributed by atoms with Crippen molar-refractivity contribution in [2.75, 3.05) is 50.0 Å². The van der Waals surface area contributed by atoms with E-state index in [9.17, 15) is 0 Å². The summed E-state index contributed by atoms with van der Waals surface area (Å²) in [4.78, 5) is 8.80. The average Bonchev–Trinajstić information content (AvgIpc) is 2.74. The van der Waals surface area contributed by atoms with Crippen LogP contribution in [-0.4, -0.2) is 54.3 Å². The van der Waals surface area contributed by atoms with E-state index in [1.54, 1.807) is 6.20 Å². The van der Waals surface area contributed by atoms with Gasteiger partial charge in [0, 0.05) is 49.3 Å². The van der Waals surface area contributed by atoms with Gasteiger partial charge in [-0.1, -0.05) is 6.07 Å². The van der Waals surface area contributed by atoms with Crippen LogP contribution < -0.4 is 10.6 Å². The quantitative estimate of drug-likeness (QED) is 0.833. The number of aliphatic hydroxyl groups is 1. The van der Waals surface area contributed by atoms with Crippen LogP contribution in [0.4, 0.5) is 11.4 Å². The first-order valence-corrected chi connectivity index (χ1v) is 7.50. The van der Waals surface area contributed by atoms with E-state index in [4.69, 9.17) is 10.8 Å². The van der Waals surface area contributed by atoms with Crippen LogP contribution in [0.25, 0.3) is 10.8 Å². The molecular formula is C16H22N4O. The van der Waals surface area contributed by atoms with Gasteiger partial charge in [-0.15, -0.1) is 0 Å². The van der Waals surface area contributed by atoms with Crippen molar-refractivity contribution in [3.05, 3.63) is 30.6 Å². The number of anilines is 2. The largest absolute Gasteiger partial charge is 0.397 e. The number of rotatable bonds is 3. The third kappa shape index (κ3) is 2.94. The molecule has 112 valence electrons. The highest BCUT2D eigenvalue weighted by molar-refractivity contribution is 5.98. The molecular weight excluding hydrogens is 264 g/mol. The summed E-state index contributed by atoms with van der Waals surface area (Å²) in [5.74, 6) is 0. The van der Waals surface area contributed by atoms with Crippen molar-refractivity contribution in [3.63, 3.8) is 0 Å². The molecule has 1 aliphatic rings. The van der Waals surface area contributed by atoms with Crippen LogP contribution in [0.3, 0.4) is 0 Å². The number of aliphatic hydroxyl groups excluding tert-OH is 1. The lowest BCUT2D eigenvalue weighted by molar-refractivity contribution is 0.204. The molecule has 1 saturated heterocycles. The molecule has 0 bridgehead atoms. The minimum atomic E-state index is 0.227. The molecule has 0 amide bonds. The fourth-order valence-electron chi connectivity index (χ4n) is 3.03. The number of benzene rings is 1. The number of aromatic nitrogens is 1. The second-order valence-corrected chi connectivity index (χ2v) is 5.50. The zero-order valence-corrected chi connectivity index (χ0v) is 12.2. The molecule has 1 fully saturated rings. The number of hydrogen-bond donors (Lipinski definition) is 2. The lowest BCUT2D eigenvalue weighted by Crippen LogP contribution is -2.32. The van der Waals surface area contributed by atoms with Crippen LogP contribution in [0.15, 0.2) is 30.6 Å². The summed E-state index contributed by atoms with van der Waals surface area (Å²) >= 11 is 0. The van der Waals surface area contributed by atoms with Crippen molar-refractivity contribution < 1.29 is 5.11 Å². The van der Waals surface area contributed by atoms with Crippen molar-refractivity contribution in [2.24, 2.45) is 0 Å². The molecule has 2 heterocycles. The zero-order chi connectivity index (χ0) is 14.7. The SMILES string of the molecule is Nc1c(N2CCCN(CCO)CC2)ccc2cnccc12. The molecule has 0 unspecified atom stereocenters. The van der Waals surface area contributed by atoms with Gasteiger partial charge in [0.15, 0.2) is 0 Å². The van der Waals surface area contributed by atoms with Crippen LogP contribution in [0, 0.1) is 0 Å². The van der Waals surface area contributed by atoms with Gasteiger partial charge >= 0.3 is 0 Å². The van der Waals surface area contributed by atoms with Gasteiger partial charge in [-0.05, 0) is 25.1 Å². The van der Waals surface area contributed by atoms with E-state index in [1.165, 1.54) is 0 Å². The average molecular weight is 286 g/mol. The van der Waals surface area contributed by atoms with Gasteiger partial charge in [0.2, 0.25) is 0 Å². The molecule has 1 aromatic carbocycles. The van der Waals surface area contributed by atoms with Gasteiger partial charge in [-0.25, -0.2) is 0 Å². The summed E-state index contributed by atoms with van der Waals surface area (Å²) in [5, 5.41) is 11.2. The molecule has 0 aliphatic carbocycles. The smallest absolute Gasteiger partial charge is 0.0632 e. The molecule has 1 aliphatic heterocycles. The van der Waals surface area contributed by atoms with Crippen molar-refractivity contribution in [2.45, 2.75) is 6.42 Å². The van der Waals surface area contributed by atoms with Crippen LogP contribution in [-0.2, 0) is 0 Å². The minimum absolute atomic E-state index is 0.227. The van der Waals surface area contributed by atoms with Crippen molar-refractivity contribution in [1.29, 1.82) is 0 Å². The van der Waals surface area contributed by atoms with Gasteiger partial charge in [-0.2, -0.15) is 0 Å². The first kappa shape index (κ1) is 14.1. The lowest BCUT2D eigenvalue weighted by Gasteiger charge is -2.25. The van der Waals surface area contributed by atoms with Gasteiger partial charge < -0.3 is 15.7 Å². The van der Waals surface area contributed by atoms with Crippen molar-refractivity contribution >= 4 is 22.1 Å². The Bertz CT molecular complexity index is 616. The number of nitrogen functional groups attached to an aromatic ring is 1. The number of nitrogens with two attached hydrogens (primary N) is 1. The van der Waals surface area contributed by atoms with Gasteiger partial charge in [0.05, 0.1) is 18.0 Å². The normalized spacial score (nSPS) is 17.1. The molecule has 1 aromatic heterocycles. The Hall–Kier alpha value is -1.85. The third-order valence-corrected chi connectivity index (χ3v) is 4.18. The topological polar surface area (TPSA) is 65.6 Å². The van der Waals surface area contributed by atoms with Crippen molar-refractivity contribution in [3.8, 4) is 0 Å². The van der Waals surface area contributed by atoms with E-state index in [2.05, 4.69) is 26.9 Å². The fraction of sp³-hybridized carbons (Fsp3) is 0.438. The van der Waals surface area contributed by atoms with Gasteiger partial charge in [-0.3, -0.25) is 9.88 Å². The number of nitrogens with zero attached hydrogens (tertiary/aromatic N) is 3. The molecule has 0 atom stereocenters. The van der Waals surface area contributed by atoms with E-state index in [1.807, 2.05) is 12.3 Å². The molecule has 5 heteroatoms. The number of β-amino-alcohol motifs (C(OH)–C–C–N with tert-alkyl or cyclic N) is 1. The maximum atomic E-state index is 9.07. The maximum Gasteiger partial charge on any atom is 0.0632 e. The van der Waals surface area contributed by atoms with Crippen molar-refractivity contribution in [1.82, 2.24) is 9.88 Å². The van der Waals surface area contributed by atoms with Crippen LogP contribution in [0.2, 0.25) is 0 Å². The lowest BCUT2D eigenvalue weighted by atomic mass is 10.1. The maximum absolute atomic E-state index is 9.07. The molecule has 3 N–H and O–H groups in total. The van der Waals surface area contributed by atoms with E-state index in [0.717, 1.165) is 61.3 Å². The highest BCUT2D eigenvalue weighted by atomic mass is 16.3. The minimum Gasteiger partial charge on any atom is -0.397 e. The van der Waals surface area contributed by atoms with E-state index >= 15 is 0 Å². The number of pyridine rings is 1. The Morgan fingerprint density at radius 3 is 2.90 bits per heavy atom.